The van der Waals surface area contributed by atoms with E-state index in [-0.39, 0.29) is 11.6 Å². The molecule has 0 aliphatic heterocycles. The Morgan fingerprint density at radius 1 is 1.04 bits per heavy atom. The summed E-state index contributed by atoms with van der Waals surface area (Å²) >= 11 is 0. The fourth-order valence-corrected chi connectivity index (χ4v) is 2.36. The van der Waals surface area contributed by atoms with Crippen LogP contribution in [0.5, 0.6) is 0 Å². The van der Waals surface area contributed by atoms with Gasteiger partial charge in [0.1, 0.15) is 5.69 Å². The fourth-order valence-electron chi connectivity index (χ4n) is 2.36. The molecule has 6 nitrogen and oxygen atoms in total. The van der Waals surface area contributed by atoms with Crippen molar-refractivity contribution in [3.05, 3.63) is 70.3 Å². The molecular weight excluding hydrogens is 306 g/mol. The number of nitro benzene ring substituents is 1. The van der Waals surface area contributed by atoms with Crippen molar-refractivity contribution in [3.63, 3.8) is 0 Å². The van der Waals surface area contributed by atoms with Crippen LogP contribution in [0.15, 0.2) is 54.6 Å². The zero-order valence-electron chi connectivity index (χ0n) is 13.8. The monoisotopic (exact) mass is 327 g/mol. The van der Waals surface area contributed by atoms with E-state index < -0.39 is 10.3 Å². The molecule has 0 saturated heterocycles. The van der Waals surface area contributed by atoms with Gasteiger partial charge in [0.05, 0.1) is 10.3 Å². The molecule has 0 saturated carbocycles. The van der Waals surface area contributed by atoms with Gasteiger partial charge >= 0.3 is 0 Å². The SMILES string of the molecule is CC(C)(C(=O)NCCNc1ccccc1[N+](=O)[O-])c1ccccc1. The van der Waals surface area contributed by atoms with Crippen molar-refractivity contribution in [1.29, 1.82) is 0 Å². The molecule has 0 radical (unpaired) electrons. The van der Waals surface area contributed by atoms with Gasteiger partial charge in [-0.05, 0) is 25.5 Å². The minimum Gasteiger partial charge on any atom is -0.378 e. The van der Waals surface area contributed by atoms with Gasteiger partial charge in [0.2, 0.25) is 5.91 Å². The molecule has 24 heavy (non-hydrogen) atoms. The molecule has 2 N–H and O–H groups in total. The van der Waals surface area contributed by atoms with E-state index in [0.29, 0.717) is 18.8 Å². The lowest BCUT2D eigenvalue weighted by Crippen LogP contribution is -2.41. The zero-order valence-corrected chi connectivity index (χ0v) is 13.8. The number of hydrogen-bond donors (Lipinski definition) is 2. The van der Waals surface area contributed by atoms with Crippen molar-refractivity contribution in [2.24, 2.45) is 0 Å². The molecule has 0 atom stereocenters. The summed E-state index contributed by atoms with van der Waals surface area (Å²) in [5, 5.41) is 16.8. The molecule has 0 fully saturated rings. The number of rotatable bonds is 7. The quantitative estimate of drug-likeness (QED) is 0.465. The van der Waals surface area contributed by atoms with E-state index in [4.69, 9.17) is 0 Å². The zero-order chi connectivity index (χ0) is 17.6. The number of hydrogen-bond acceptors (Lipinski definition) is 4. The highest BCUT2D eigenvalue weighted by Crippen LogP contribution is 2.24. The molecule has 0 unspecified atom stereocenters. The van der Waals surface area contributed by atoms with Crippen LogP contribution in [0.2, 0.25) is 0 Å². The number of amides is 1. The second-order valence-electron chi connectivity index (χ2n) is 5.95. The van der Waals surface area contributed by atoms with Gasteiger partial charge in [-0.3, -0.25) is 14.9 Å². The Bertz CT molecular complexity index is 714. The van der Waals surface area contributed by atoms with Crippen molar-refractivity contribution >= 4 is 17.3 Å². The minimum absolute atomic E-state index is 0.0217. The number of nitrogens with one attached hydrogen (secondary N) is 2. The minimum atomic E-state index is -0.639. The molecule has 2 aromatic rings. The second kappa shape index (κ2) is 7.59. The molecule has 2 aromatic carbocycles. The summed E-state index contributed by atoms with van der Waals surface area (Å²) < 4.78 is 0. The third-order valence-electron chi connectivity index (χ3n) is 3.89. The Morgan fingerprint density at radius 3 is 2.33 bits per heavy atom. The van der Waals surface area contributed by atoms with Gasteiger partial charge < -0.3 is 10.6 Å². The van der Waals surface area contributed by atoms with E-state index >= 15 is 0 Å². The summed E-state index contributed by atoms with van der Waals surface area (Å²) in [6.07, 6.45) is 0. The fraction of sp³-hybridized carbons (Fsp3) is 0.278. The standard InChI is InChI=1S/C18H21N3O3/c1-18(2,14-8-4-3-5-9-14)17(22)20-13-12-19-15-10-6-7-11-16(15)21(23)24/h3-11,19H,12-13H2,1-2H3,(H,20,22). The normalized spacial score (nSPS) is 10.9. The van der Waals surface area contributed by atoms with Gasteiger partial charge in [0.15, 0.2) is 0 Å². The highest BCUT2D eigenvalue weighted by atomic mass is 16.6. The number of benzene rings is 2. The first kappa shape index (κ1) is 17.5. The maximum atomic E-state index is 12.4. The molecule has 0 aliphatic rings. The number of carbonyl (C=O) groups is 1. The van der Waals surface area contributed by atoms with Gasteiger partial charge in [-0.15, -0.1) is 0 Å². The molecule has 0 spiro atoms. The highest BCUT2D eigenvalue weighted by molar-refractivity contribution is 5.87. The summed E-state index contributed by atoms with van der Waals surface area (Å²) in [5.41, 5.74) is 0.765. The summed E-state index contributed by atoms with van der Waals surface area (Å²) in [7, 11) is 0. The van der Waals surface area contributed by atoms with Crippen molar-refractivity contribution < 1.29 is 9.72 Å². The van der Waals surface area contributed by atoms with Crippen molar-refractivity contribution in [2.75, 3.05) is 18.4 Å². The van der Waals surface area contributed by atoms with E-state index in [1.54, 1.807) is 18.2 Å². The number of nitrogens with zero attached hydrogens (tertiary/aromatic N) is 1. The largest absolute Gasteiger partial charge is 0.378 e. The Balaban J connectivity index is 1.89. The van der Waals surface area contributed by atoms with Gasteiger partial charge in [-0.1, -0.05) is 42.5 Å². The lowest BCUT2D eigenvalue weighted by molar-refractivity contribution is -0.384. The van der Waals surface area contributed by atoms with Gasteiger partial charge in [0, 0.05) is 19.2 Å². The van der Waals surface area contributed by atoms with E-state index in [0.717, 1.165) is 5.56 Å². The second-order valence-corrected chi connectivity index (χ2v) is 5.95. The van der Waals surface area contributed by atoms with Crippen LogP contribution in [0.1, 0.15) is 19.4 Å². The Hall–Kier alpha value is -2.89. The van der Waals surface area contributed by atoms with Crippen LogP contribution < -0.4 is 10.6 Å². The van der Waals surface area contributed by atoms with Crippen LogP contribution in [-0.4, -0.2) is 23.9 Å². The maximum absolute atomic E-state index is 12.4. The van der Waals surface area contributed by atoms with Gasteiger partial charge in [-0.25, -0.2) is 0 Å². The molecule has 1 amide bonds. The van der Waals surface area contributed by atoms with Crippen LogP contribution in [0.3, 0.4) is 0 Å². The Labute approximate surface area is 141 Å². The molecule has 0 aliphatic carbocycles. The predicted octanol–water partition coefficient (Wildman–Crippen LogP) is 3.10. The van der Waals surface area contributed by atoms with Crippen molar-refractivity contribution in [1.82, 2.24) is 5.32 Å². The topological polar surface area (TPSA) is 84.3 Å². The van der Waals surface area contributed by atoms with Gasteiger partial charge in [-0.2, -0.15) is 0 Å². The van der Waals surface area contributed by atoms with E-state index in [9.17, 15) is 14.9 Å². The lowest BCUT2D eigenvalue weighted by atomic mass is 9.84. The summed E-state index contributed by atoms with van der Waals surface area (Å²) in [4.78, 5) is 22.9. The summed E-state index contributed by atoms with van der Waals surface area (Å²) in [6.45, 7) is 4.52. The van der Waals surface area contributed by atoms with E-state index in [2.05, 4.69) is 10.6 Å². The Morgan fingerprint density at radius 2 is 1.67 bits per heavy atom. The third kappa shape index (κ3) is 4.10. The van der Waals surface area contributed by atoms with E-state index in [1.807, 2.05) is 44.2 Å². The van der Waals surface area contributed by atoms with Gasteiger partial charge in [0.25, 0.3) is 5.69 Å². The molecular formula is C18H21N3O3. The number of carbonyl (C=O) groups excluding carboxylic acids is 1. The van der Waals surface area contributed by atoms with Crippen molar-refractivity contribution in [2.45, 2.75) is 19.3 Å². The first-order valence-corrected chi connectivity index (χ1v) is 7.74. The first-order chi connectivity index (χ1) is 11.4. The Kier molecular flexibility index (Phi) is 5.52. The average molecular weight is 327 g/mol. The van der Waals surface area contributed by atoms with E-state index in [1.165, 1.54) is 6.07 Å². The molecule has 2 rings (SSSR count). The van der Waals surface area contributed by atoms with Crippen LogP contribution in [0.4, 0.5) is 11.4 Å². The van der Waals surface area contributed by atoms with Crippen LogP contribution in [0, 0.1) is 10.1 Å². The number of nitro groups is 1. The first-order valence-electron chi connectivity index (χ1n) is 7.74. The smallest absolute Gasteiger partial charge is 0.292 e. The highest BCUT2D eigenvalue weighted by Gasteiger charge is 2.29. The summed E-state index contributed by atoms with van der Waals surface area (Å²) in [6, 6.07) is 16.0. The molecule has 0 aromatic heterocycles. The predicted molar refractivity (Wildman–Crippen MR) is 94.1 cm³/mol. The molecule has 0 heterocycles. The molecule has 126 valence electrons. The van der Waals surface area contributed by atoms with Crippen molar-refractivity contribution in [3.8, 4) is 0 Å². The number of anilines is 1. The lowest BCUT2D eigenvalue weighted by Gasteiger charge is -2.24. The van der Waals surface area contributed by atoms with Crippen LogP contribution in [-0.2, 0) is 10.2 Å². The number of para-hydroxylation sites is 2. The summed E-state index contributed by atoms with van der Waals surface area (Å²) in [5.74, 6) is -0.0851. The third-order valence-corrected chi connectivity index (χ3v) is 3.89. The van der Waals surface area contributed by atoms with Crippen LogP contribution in [0.25, 0.3) is 0 Å². The molecule has 6 heteroatoms. The maximum Gasteiger partial charge on any atom is 0.292 e. The average Bonchev–Trinajstić information content (AvgIpc) is 2.59. The van der Waals surface area contributed by atoms with Crippen LogP contribution >= 0.6 is 0 Å². The molecule has 0 bridgehead atoms.